The summed E-state index contributed by atoms with van der Waals surface area (Å²) < 4.78 is 5.41. The summed E-state index contributed by atoms with van der Waals surface area (Å²) in [6.07, 6.45) is 10.8. The molecular formula is C26H35N3O3. The smallest absolute Gasteiger partial charge is 0.237 e. The van der Waals surface area contributed by atoms with Crippen molar-refractivity contribution < 1.29 is 14.3 Å². The Bertz CT molecular complexity index is 855. The van der Waals surface area contributed by atoms with Gasteiger partial charge in [-0.3, -0.25) is 14.5 Å². The van der Waals surface area contributed by atoms with Gasteiger partial charge < -0.3 is 15.4 Å². The van der Waals surface area contributed by atoms with Gasteiger partial charge in [0.1, 0.15) is 5.75 Å². The maximum Gasteiger partial charge on any atom is 0.237 e. The Morgan fingerprint density at radius 1 is 1.16 bits per heavy atom. The minimum absolute atomic E-state index is 0.0308. The van der Waals surface area contributed by atoms with Crippen LogP contribution in [0.4, 0.5) is 0 Å². The molecule has 2 amide bonds. The van der Waals surface area contributed by atoms with Gasteiger partial charge in [-0.1, -0.05) is 30.4 Å². The van der Waals surface area contributed by atoms with Gasteiger partial charge in [-0.15, -0.1) is 0 Å². The van der Waals surface area contributed by atoms with Gasteiger partial charge in [0.2, 0.25) is 11.8 Å². The van der Waals surface area contributed by atoms with Crippen molar-refractivity contribution in [2.45, 2.75) is 50.6 Å². The van der Waals surface area contributed by atoms with Crippen LogP contribution >= 0.6 is 0 Å². The molecule has 5 fully saturated rings. The summed E-state index contributed by atoms with van der Waals surface area (Å²) in [6.45, 7) is 1.99. The van der Waals surface area contributed by atoms with Crippen molar-refractivity contribution in [1.29, 1.82) is 0 Å². The quantitative estimate of drug-likeness (QED) is 0.688. The molecule has 0 spiro atoms. The first-order chi connectivity index (χ1) is 15.6. The Hall–Kier alpha value is -2.34. The number of para-hydroxylation sites is 1. The number of carbonyl (C=O) groups is 2. The van der Waals surface area contributed by atoms with E-state index in [4.69, 9.17) is 4.74 Å². The van der Waals surface area contributed by atoms with Crippen LogP contribution in [0, 0.1) is 23.7 Å². The van der Waals surface area contributed by atoms with Crippen molar-refractivity contribution >= 4 is 17.9 Å². The van der Waals surface area contributed by atoms with Gasteiger partial charge in [0.05, 0.1) is 19.6 Å². The molecule has 1 aromatic carbocycles. The number of piperazine rings is 1. The predicted octanol–water partition coefficient (Wildman–Crippen LogP) is 2.84. The molecule has 0 radical (unpaired) electrons. The van der Waals surface area contributed by atoms with Crippen molar-refractivity contribution in [3.05, 3.63) is 35.9 Å². The van der Waals surface area contributed by atoms with Crippen LogP contribution in [0.15, 0.2) is 30.3 Å². The maximum atomic E-state index is 13.0. The monoisotopic (exact) mass is 437 g/mol. The molecule has 1 saturated heterocycles. The molecule has 2 N–H and O–H groups in total. The molecule has 32 heavy (non-hydrogen) atoms. The lowest BCUT2D eigenvalue weighted by Crippen LogP contribution is -2.59. The Balaban J connectivity index is 1.20. The number of carbonyl (C=O) groups excluding carboxylic acids is 2. The lowest BCUT2D eigenvalue weighted by atomic mass is 9.54. The van der Waals surface area contributed by atoms with Crippen LogP contribution in [0.25, 0.3) is 6.08 Å². The van der Waals surface area contributed by atoms with Crippen LogP contribution < -0.4 is 15.4 Å². The number of benzene rings is 1. The van der Waals surface area contributed by atoms with E-state index in [-0.39, 0.29) is 18.2 Å². The van der Waals surface area contributed by atoms with Crippen LogP contribution in [0.2, 0.25) is 0 Å². The van der Waals surface area contributed by atoms with Crippen LogP contribution in [-0.4, -0.2) is 55.5 Å². The Kier molecular flexibility index (Phi) is 6.22. The van der Waals surface area contributed by atoms with E-state index in [9.17, 15) is 9.59 Å². The molecule has 6 nitrogen and oxygen atoms in total. The number of nitrogens with zero attached hydrogens (tertiary/aromatic N) is 1. The Morgan fingerprint density at radius 2 is 1.88 bits per heavy atom. The molecule has 4 saturated carbocycles. The maximum absolute atomic E-state index is 13.0. The second kappa shape index (κ2) is 9.26. The van der Waals surface area contributed by atoms with E-state index < -0.39 is 6.04 Å². The first-order valence-corrected chi connectivity index (χ1v) is 12.2. The van der Waals surface area contributed by atoms with Crippen LogP contribution in [0.3, 0.4) is 0 Å². The third-order valence-electron chi connectivity index (χ3n) is 8.15. The lowest BCUT2D eigenvalue weighted by molar-refractivity contribution is -0.135. The van der Waals surface area contributed by atoms with Crippen molar-refractivity contribution in [3.63, 3.8) is 0 Å². The third-order valence-corrected chi connectivity index (χ3v) is 8.15. The SMILES string of the molecule is COc1ccccc1C=CCN1CCNC(=O)C1CC(=O)NC1C2CC3CC(C2)CC1C3. The number of methoxy groups -OCH3 is 1. The molecule has 1 aliphatic heterocycles. The van der Waals surface area contributed by atoms with Gasteiger partial charge in [0.25, 0.3) is 0 Å². The first-order valence-electron chi connectivity index (χ1n) is 12.2. The minimum atomic E-state index is -0.414. The van der Waals surface area contributed by atoms with Crippen LogP contribution in [0.1, 0.15) is 44.1 Å². The van der Waals surface area contributed by atoms with Crippen molar-refractivity contribution in [2.24, 2.45) is 23.7 Å². The fraction of sp³-hybridized carbons (Fsp3) is 0.615. The highest BCUT2D eigenvalue weighted by atomic mass is 16.5. The van der Waals surface area contributed by atoms with E-state index in [0.29, 0.717) is 31.0 Å². The zero-order valence-corrected chi connectivity index (χ0v) is 19.0. The number of hydrogen-bond acceptors (Lipinski definition) is 4. The van der Waals surface area contributed by atoms with E-state index in [0.717, 1.165) is 29.7 Å². The highest BCUT2D eigenvalue weighted by molar-refractivity contribution is 5.89. The van der Waals surface area contributed by atoms with Gasteiger partial charge in [0, 0.05) is 31.2 Å². The Labute approximate surface area is 190 Å². The van der Waals surface area contributed by atoms with Crippen molar-refractivity contribution in [1.82, 2.24) is 15.5 Å². The molecule has 4 bridgehead atoms. The topological polar surface area (TPSA) is 70.7 Å². The van der Waals surface area contributed by atoms with Gasteiger partial charge in [-0.25, -0.2) is 0 Å². The van der Waals surface area contributed by atoms with E-state index in [1.54, 1.807) is 7.11 Å². The molecule has 172 valence electrons. The number of rotatable bonds is 7. The zero-order valence-electron chi connectivity index (χ0n) is 19.0. The molecule has 6 heteroatoms. The van der Waals surface area contributed by atoms with E-state index in [1.165, 1.54) is 32.1 Å². The van der Waals surface area contributed by atoms with Gasteiger partial charge in [-0.2, -0.15) is 0 Å². The number of ether oxygens (including phenoxy) is 1. The molecule has 1 heterocycles. The average molecular weight is 438 g/mol. The summed E-state index contributed by atoms with van der Waals surface area (Å²) in [7, 11) is 1.67. The summed E-state index contributed by atoms with van der Waals surface area (Å²) in [6, 6.07) is 7.78. The third kappa shape index (κ3) is 4.42. The molecule has 4 aliphatic carbocycles. The minimum Gasteiger partial charge on any atom is -0.496 e. The molecule has 6 rings (SSSR count). The molecule has 1 unspecified atom stereocenters. The standard InChI is InChI=1S/C26H35N3O3/c1-32-23-7-3-2-5-19(23)6-4-9-29-10-8-27-26(31)22(29)16-24(30)28-25-20-12-17-11-18(14-20)15-21(25)13-17/h2-7,17-18,20-22,25H,8-16H2,1H3,(H,27,31)(H,28,30). The summed E-state index contributed by atoms with van der Waals surface area (Å²) in [5.41, 5.74) is 1.01. The van der Waals surface area contributed by atoms with E-state index in [1.807, 2.05) is 30.3 Å². The fourth-order valence-electron chi connectivity index (χ4n) is 6.90. The predicted molar refractivity (Wildman–Crippen MR) is 124 cm³/mol. The second-order valence-electron chi connectivity index (χ2n) is 10.2. The molecule has 1 aromatic rings. The first kappa shape index (κ1) is 21.5. The molecular weight excluding hydrogens is 402 g/mol. The van der Waals surface area contributed by atoms with Gasteiger partial charge in [-0.05, 0) is 61.8 Å². The lowest BCUT2D eigenvalue weighted by Gasteiger charge is -2.54. The Morgan fingerprint density at radius 3 is 2.59 bits per heavy atom. The molecule has 5 aliphatic rings. The normalized spacial score (nSPS) is 34.0. The largest absolute Gasteiger partial charge is 0.496 e. The van der Waals surface area contributed by atoms with Gasteiger partial charge >= 0.3 is 0 Å². The fourth-order valence-corrected chi connectivity index (χ4v) is 6.90. The van der Waals surface area contributed by atoms with Crippen molar-refractivity contribution in [3.8, 4) is 5.75 Å². The summed E-state index contributed by atoms with van der Waals surface area (Å²) >= 11 is 0. The summed E-state index contributed by atoms with van der Waals surface area (Å²) in [5.74, 6) is 3.89. The number of hydrogen-bond donors (Lipinski definition) is 2. The summed E-state index contributed by atoms with van der Waals surface area (Å²) in [4.78, 5) is 27.8. The number of nitrogens with one attached hydrogen (secondary N) is 2. The van der Waals surface area contributed by atoms with E-state index >= 15 is 0 Å². The average Bonchev–Trinajstić information content (AvgIpc) is 2.78. The highest BCUT2D eigenvalue weighted by Crippen LogP contribution is 2.53. The van der Waals surface area contributed by atoms with Crippen molar-refractivity contribution in [2.75, 3.05) is 26.7 Å². The number of amides is 2. The van der Waals surface area contributed by atoms with Gasteiger partial charge in [0.15, 0.2) is 0 Å². The molecule has 0 aromatic heterocycles. The zero-order chi connectivity index (χ0) is 22.1. The highest BCUT2D eigenvalue weighted by Gasteiger charge is 2.48. The van der Waals surface area contributed by atoms with E-state index in [2.05, 4.69) is 21.6 Å². The van der Waals surface area contributed by atoms with Crippen LogP contribution in [-0.2, 0) is 9.59 Å². The second-order valence-corrected chi connectivity index (χ2v) is 10.2. The van der Waals surface area contributed by atoms with Crippen LogP contribution in [0.5, 0.6) is 5.75 Å². The summed E-state index contributed by atoms with van der Waals surface area (Å²) in [5, 5.41) is 6.31. The molecule has 1 atom stereocenters.